The molecule has 1 rings (SSSR count). The Bertz CT molecular complexity index is 564. The van der Waals surface area contributed by atoms with Crippen molar-refractivity contribution in [2.45, 2.75) is 17.4 Å². The fourth-order valence-electron chi connectivity index (χ4n) is 1.42. The van der Waals surface area contributed by atoms with E-state index >= 15 is 0 Å². The summed E-state index contributed by atoms with van der Waals surface area (Å²) in [5.41, 5.74) is 5.82. The molecule has 1 atom stereocenters. The smallest absolute Gasteiger partial charge is 0.265 e. The summed E-state index contributed by atoms with van der Waals surface area (Å²) in [5, 5.41) is 11.5. The quantitative estimate of drug-likeness (QED) is 0.667. The van der Waals surface area contributed by atoms with E-state index in [0.29, 0.717) is 0 Å². The van der Waals surface area contributed by atoms with Crippen LogP contribution in [0.2, 0.25) is 0 Å². The minimum atomic E-state index is -3.73. The summed E-state index contributed by atoms with van der Waals surface area (Å²) in [6, 6.07) is 4.20. The number of nitrogens with zero attached hydrogens (tertiary/aromatic N) is 1. The highest BCUT2D eigenvalue weighted by Crippen LogP contribution is 2.28. The Kier molecular flexibility index (Phi) is 5.26. The molecule has 0 aromatic heterocycles. The summed E-state index contributed by atoms with van der Waals surface area (Å²) < 4.78 is 49.4. The van der Waals surface area contributed by atoms with Crippen LogP contribution in [0.1, 0.15) is 0 Å². The minimum absolute atomic E-state index is 0.0809. The van der Waals surface area contributed by atoms with Crippen LogP contribution >= 0.6 is 0 Å². The van der Waals surface area contributed by atoms with E-state index in [9.17, 15) is 17.2 Å². The first-order valence-corrected chi connectivity index (χ1v) is 7.13. The molecule has 1 aromatic carbocycles. The first-order chi connectivity index (χ1) is 9.17. The number of benzene rings is 1. The van der Waals surface area contributed by atoms with Crippen LogP contribution in [-0.2, 0) is 10.0 Å². The molecule has 20 heavy (non-hydrogen) atoms. The topological polar surface area (TPSA) is 95.7 Å². The van der Waals surface area contributed by atoms with Gasteiger partial charge in [0.2, 0.25) is 10.0 Å². The van der Waals surface area contributed by atoms with Gasteiger partial charge >= 0.3 is 0 Å². The Hall–Kier alpha value is -1.45. The molecule has 0 aliphatic heterocycles. The third-order valence-electron chi connectivity index (χ3n) is 2.62. The molecule has 0 bridgehead atoms. The number of nitrogens with two attached hydrogens (primary N) is 1. The van der Waals surface area contributed by atoms with Crippen LogP contribution in [0.25, 0.3) is 0 Å². The summed E-state index contributed by atoms with van der Waals surface area (Å²) >= 11 is 0. The second-order valence-electron chi connectivity index (χ2n) is 4.29. The lowest BCUT2D eigenvalue weighted by atomic mass is 10.2. The predicted octanol–water partition coefficient (Wildman–Crippen LogP) is 0.557. The number of alkyl halides is 2. The lowest BCUT2D eigenvalue weighted by molar-refractivity contribution is 0.00385. The molecule has 0 fully saturated rings. The standard InChI is InChI=1S/C11H17F2N3O3S/c1-16(2)20(18,19)9-5-3-4-7(10(9)14)15-6-8(17)11(12)13/h3-5,8,11,15,17H,6,14H2,1-2H3. The lowest BCUT2D eigenvalue weighted by Gasteiger charge is -2.17. The summed E-state index contributed by atoms with van der Waals surface area (Å²) in [6.45, 7) is -0.437. The number of aliphatic hydroxyl groups excluding tert-OH is 1. The number of para-hydroxylation sites is 1. The predicted molar refractivity (Wildman–Crippen MR) is 72.2 cm³/mol. The van der Waals surface area contributed by atoms with Gasteiger partial charge in [-0.05, 0) is 12.1 Å². The first-order valence-electron chi connectivity index (χ1n) is 5.69. The van der Waals surface area contributed by atoms with E-state index < -0.39 is 29.1 Å². The Morgan fingerprint density at radius 1 is 1.40 bits per heavy atom. The van der Waals surface area contributed by atoms with E-state index in [1.807, 2.05) is 0 Å². The average molecular weight is 309 g/mol. The molecule has 1 aromatic rings. The second kappa shape index (κ2) is 6.33. The van der Waals surface area contributed by atoms with Gasteiger partial charge < -0.3 is 16.2 Å². The zero-order valence-electron chi connectivity index (χ0n) is 11.0. The number of hydrogen-bond acceptors (Lipinski definition) is 5. The zero-order chi connectivity index (χ0) is 15.5. The Labute approximate surface area is 116 Å². The van der Waals surface area contributed by atoms with Gasteiger partial charge in [-0.3, -0.25) is 0 Å². The highest BCUT2D eigenvalue weighted by molar-refractivity contribution is 7.89. The third-order valence-corrected chi connectivity index (χ3v) is 4.49. The molecular formula is C11H17F2N3O3S. The molecule has 0 spiro atoms. The maximum absolute atomic E-state index is 12.2. The maximum Gasteiger partial charge on any atom is 0.265 e. The SMILES string of the molecule is CN(C)S(=O)(=O)c1cccc(NCC(O)C(F)F)c1N. The van der Waals surface area contributed by atoms with Crippen molar-refractivity contribution in [2.75, 3.05) is 31.7 Å². The van der Waals surface area contributed by atoms with E-state index in [-0.39, 0.29) is 16.3 Å². The van der Waals surface area contributed by atoms with Gasteiger partial charge in [0, 0.05) is 20.6 Å². The first kappa shape index (κ1) is 16.6. The van der Waals surface area contributed by atoms with E-state index in [2.05, 4.69) is 5.32 Å². The molecule has 1 unspecified atom stereocenters. The number of rotatable bonds is 6. The number of halogens is 2. The van der Waals surface area contributed by atoms with Crippen molar-refractivity contribution in [2.24, 2.45) is 0 Å². The molecule has 9 heteroatoms. The zero-order valence-corrected chi connectivity index (χ0v) is 11.9. The highest BCUT2D eigenvalue weighted by atomic mass is 32.2. The van der Waals surface area contributed by atoms with E-state index in [1.165, 1.54) is 32.3 Å². The molecule has 0 aliphatic carbocycles. The largest absolute Gasteiger partial charge is 0.396 e. The summed E-state index contributed by atoms with van der Waals surface area (Å²) in [5.74, 6) is 0. The number of anilines is 2. The number of aliphatic hydroxyl groups is 1. The molecule has 114 valence electrons. The van der Waals surface area contributed by atoms with Gasteiger partial charge in [-0.15, -0.1) is 0 Å². The van der Waals surface area contributed by atoms with Gasteiger partial charge in [-0.25, -0.2) is 21.5 Å². The third kappa shape index (κ3) is 3.56. The molecule has 0 aliphatic rings. The fourth-order valence-corrected chi connectivity index (χ4v) is 2.46. The molecule has 0 saturated carbocycles. The second-order valence-corrected chi connectivity index (χ2v) is 6.41. The summed E-state index contributed by atoms with van der Waals surface area (Å²) in [4.78, 5) is -0.126. The van der Waals surface area contributed by atoms with Gasteiger partial charge in [0.25, 0.3) is 6.43 Å². The van der Waals surface area contributed by atoms with Crippen LogP contribution in [0.3, 0.4) is 0 Å². The number of nitrogens with one attached hydrogen (secondary N) is 1. The van der Waals surface area contributed by atoms with Gasteiger partial charge in [-0.1, -0.05) is 6.07 Å². The molecule has 0 heterocycles. The van der Waals surface area contributed by atoms with Crippen molar-refractivity contribution >= 4 is 21.4 Å². The van der Waals surface area contributed by atoms with Crippen molar-refractivity contribution in [3.05, 3.63) is 18.2 Å². The minimum Gasteiger partial charge on any atom is -0.396 e. The van der Waals surface area contributed by atoms with Crippen molar-refractivity contribution in [1.29, 1.82) is 0 Å². The van der Waals surface area contributed by atoms with E-state index in [1.54, 1.807) is 0 Å². The van der Waals surface area contributed by atoms with Gasteiger partial charge in [0.1, 0.15) is 11.0 Å². The normalized spacial score (nSPS) is 13.8. The van der Waals surface area contributed by atoms with Crippen LogP contribution in [0, 0.1) is 0 Å². The average Bonchev–Trinajstić information content (AvgIpc) is 2.36. The summed E-state index contributed by atoms with van der Waals surface area (Å²) in [7, 11) is -1.01. The van der Waals surface area contributed by atoms with Crippen molar-refractivity contribution < 1.29 is 22.3 Å². The van der Waals surface area contributed by atoms with Crippen molar-refractivity contribution in [3.63, 3.8) is 0 Å². The Morgan fingerprint density at radius 3 is 2.50 bits per heavy atom. The molecule has 0 amide bonds. The lowest BCUT2D eigenvalue weighted by Crippen LogP contribution is -2.27. The molecule has 0 saturated heterocycles. The van der Waals surface area contributed by atoms with E-state index in [0.717, 1.165) is 4.31 Å². The van der Waals surface area contributed by atoms with Crippen LogP contribution in [0.15, 0.2) is 23.1 Å². The van der Waals surface area contributed by atoms with E-state index in [4.69, 9.17) is 10.8 Å². The molecule has 0 radical (unpaired) electrons. The molecule has 6 nitrogen and oxygen atoms in total. The monoisotopic (exact) mass is 309 g/mol. The number of hydrogen-bond donors (Lipinski definition) is 3. The molecular weight excluding hydrogens is 292 g/mol. The van der Waals surface area contributed by atoms with Crippen molar-refractivity contribution in [3.8, 4) is 0 Å². The van der Waals surface area contributed by atoms with Crippen LogP contribution < -0.4 is 11.1 Å². The van der Waals surface area contributed by atoms with Gasteiger partial charge in [0.05, 0.1) is 11.4 Å². The van der Waals surface area contributed by atoms with Crippen LogP contribution in [-0.4, -0.2) is 51.0 Å². The summed E-state index contributed by atoms with van der Waals surface area (Å²) in [6.07, 6.45) is -4.75. The van der Waals surface area contributed by atoms with Gasteiger partial charge in [-0.2, -0.15) is 0 Å². The van der Waals surface area contributed by atoms with Crippen molar-refractivity contribution in [1.82, 2.24) is 4.31 Å². The maximum atomic E-state index is 12.2. The molecule has 4 N–H and O–H groups in total. The highest BCUT2D eigenvalue weighted by Gasteiger charge is 2.22. The van der Waals surface area contributed by atoms with Crippen LogP contribution in [0.4, 0.5) is 20.2 Å². The van der Waals surface area contributed by atoms with Crippen LogP contribution in [0.5, 0.6) is 0 Å². The number of sulfonamides is 1. The number of nitrogen functional groups attached to an aromatic ring is 1. The fraction of sp³-hybridized carbons (Fsp3) is 0.455. The van der Waals surface area contributed by atoms with Gasteiger partial charge in [0.15, 0.2) is 0 Å². The Morgan fingerprint density at radius 2 is 2.00 bits per heavy atom. The Balaban J connectivity index is 3.03.